The molecule has 0 amide bonds. The third-order valence-electron chi connectivity index (χ3n) is 7.22. The van der Waals surface area contributed by atoms with Gasteiger partial charge in [-0.1, -0.05) is 127 Å². The SMILES string of the molecule is [2H]c1c(-c2ccccc2)c([2H])c2c(oc3c([2H])c(-c4nc(-c5ccccc5)nc(-c5ccccc5-c5ccccc5)n4)c([2H])c([2H])c32)c1[2H]. The second-order valence-electron chi connectivity index (χ2n) is 9.96. The van der Waals surface area contributed by atoms with Crippen LogP contribution in [0.3, 0.4) is 0 Å². The number of furan rings is 1. The highest BCUT2D eigenvalue weighted by molar-refractivity contribution is 6.07. The number of nitrogens with zero attached hydrogens (tertiary/aromatic N) is 3. The van der Waals surface area contributed by atoms with E-state index in [0.29, 0.717) is 22.8 Å². The first-order chi connectivity index (χ1) is 23.8. The lowest BCUT2D eigenvalue weighted by Crippen LogP contribution is -2.01. The summed E-state index contributed by atoms with van der Waals surface area (Å²) in [6.07, 6.45) is 0. The molecular formula is C39H25N3O. The van der Waals surface area contributed by atoms with Gasteiger partial charge in [0.2, 0.25) is 0 Å². The minimum Gasteiger partial charge on any atom is -0.456 e. The Kier molecular flexibility index (Phi) is 4.71. The average Bonchev–Trinajstić information content (AvgIpc) is 3.56. The van der Waals surface area contributed by atoms with Crippen molar-refractivity contribution >= 4 is 21.9 Å². The smallest absolute Gasteiger partial charge is 0.164 e. The Morgan fingerprint density at radius 1 is 0.395 bits per heavy atom. The van der Waals surface area contributed by atoms with Crippen LogP contribution < -0.4 is 0 Å². The molecule has 0 fully saturated rings. The molecule has 6 aromatic carbocycles. The lowest BCUT2D eigenvalue weighted by atomic mass is 9.99. The molecule has 0 saturated heterocycles. The second kappa shape index (κ2) is 10.5. The van der Waals surface area contributed by atoms with E-state index in [4.69, 9.17) is 24.9 Å². The van der Waals surface area contributed by atoms with Crippen LogP contribution in [0.15, 0.2) is 156 Å². The van der Waals surface area contributed by atoms with Gasteiger partial charge in [-0.3, -0.25) is 0 Å². The number of hydrogen-bond acceptors (Lipinski definition) is 4. The molecule has 0 unspecified atom stereocenters. The first kappa shape index (κ1) is 19.3. The Morgan fingerprint density at radius 2 is 0.953 bits per heavy atom. The summed E-state index contributed by atoms with van der Waals surface area (Å²) in [5.74, 6) is 0.666. The number of fused-ring (bicyclic) bond motifs is 3. The van der Waals surface area contributed by atoms with Gasteiger partial charge in [0.25, 0.3) is 0 Å². The highest BCUT2D eigenvalue weighted by atomic mass is 16.3. The van der Waals surface area contributed by atoms with Crippen molar-refractivity contribution in [1.29, 1.82) is 0 Å². The number of benzene rings is 6. The van der Waals surface area contributed by atoms with Crippen molar-refractivity contribution in [2.24, 2.45) is 0 Å². The van der Waals surface area contributed by atoms with E-state index in [1.807, 2.05) is 91.0 Å². The molecule has 8 rings (SSSR count). The molecule has 43 heavy (non-hydrogen) atoms. The lowest BCUT2D eigenvalue weighted by Gasteiger charge is -2.12. The minimum atomic E-state index is -0.324. The Bertz CT molecular complexity index is 2560. The topological polar surface area (TPSA) is 51.8 Å². The van der Waals surface area contributed by atoms with E-state index in [9.17, 15) is 2.74 Å². The van der Waals surface area contributed by atoms with Gasteiger partial charge in [-0.15, -0.1) is 0 Å². The fourth-order valence-electron chi connectivity index (χ4n) is 5.12. The standard InChI is InChI=1S/C39H25N3O/c1-4-12-26(13-5-1)29-21-23-35-34(24-29)32-22-20-30(25-36(32)43-35)38-40-37(28-16-8-3-9-17-28)41-39(42-38)33-19-11-10-18-31(33)27-14-6-2-7-15-27/h1-25H/i20D,21D,22D,23D,24D,25D. The fourth-order valence-corrected chi connectivity index (χ4v) is 5.12. The van der Waals surface area contributed by atoms with Gasteiger partial charge >= 0.3 is 0 Å². The maximum Gasteiger partial charge on any atom is 0.164 e. The predicted molar refractivity (Wildman–Crippen MR) is 174 cm³/mol. The molecule has 4 nitrogen and oxygen atoms in total. The number of hydrogen-bond donors (Lipinski definition) is 0. The van der Waals surface area contributed by atoms with E-state index in [0.717, 1.165) is 16.7 Å². The predicted octanol–water partition coefficient (Wildman–Crippen LogP) is 10.1. The zero-order chi connectivity index (χ0) is 33.8. The van der Waals surface area contributed by atoms with Crippen molar-refractivity contribution in [3.05, 3.63) is 152 Å². The quantitative estimate of drug-likeness (QED) is 0.211. The van der Waals surface area contributed by atoms with Crippen LogP contribution in [0.5, 0.6) is 0 Å². The average molecular weight is 558 g/mol. The van der Waals surface area contributed by atoms with Crippen molar-refractivity contribution < 1.29 is 12.6 Å². The Labute approximate surface area is 257 Å². The Hall–Kier alpha value is -5.87. The van der Waals surface area contributed by atoms with Crippen LogP contribution in [-0.2, 0) is 0 Å². The fraction of sp³-hybridized carbons (Fsp3) is 0. The van der Waals surface area contributed by atoms with E-state index in [1.165, 1.54) is 0 Å². The third-order valence-corrected chi connectivity index (χ3v) is 7.22. The highest BCUT2D eigenvalue weighted by Gasteiger charge is 2.17. The number of rotatable bonds is 5. The highest BCUT2D eigenvalue weighted by Crippen LogP contribution is 2.36. The molecule has 0 aliphatic carbocycles. The molecule has 4 heteroatoms. The molecular weight excluding hydrogens is 526 g/mol. The van der Waals surface area contributed by atoms with Crippen LogP contribution in [-0.4, -0.2) is 15.0 Å². The van der Waals surface area contributed by atoms with Crippen LogP contribution in [0, 0.1) is 0 Å². The molecule has 0 aliphatic heterocycles. The summed E-state index contributed by atoms with van der Waals surface area (Å²) < 4.78 is 60.4. The molecule has 202 valence electrons. The van der Waals surface area contributed by atoms with Gasteiger partial charge in [-0.05, 0) is 46.4 Å². The van der Waals surface area contributed by atoms with Gasteiger partial charge in [0, 0.05) is 27.5 Å². The second-order valence-corrected chi connectivity index (χ2v) is 9.96. The van der Waals surface area contributed by atoms with Gasteiger partial charge in [-0.2, -0.15) is 0 Å². The molecule has 0 spiro atoms. The summed E-state index contributed by atoms with van der Waals surface area (Å²) in [6, 6.07) is 34.4. The van der Waals surface area contributed by atoms with Crippen molar-refractivity contribution in [3.8, 4) is 56.4 Å². The third kappa shape index (κ3) is 4.65. The lowest BCUT2D eigenvalue weighted by molar-refractivity contribution is 0.669. The molecule has 0 saturated carbocycles. The maximum absolute atomic E-state index is 9.32. The Balaban J connectivity index is 1.42. The molecule has 2 aromatic heterocycles. The van der Waals surface area contributed by atoms with Crippen LogP contribution >= 0.6 is 0 Å². The van der Waals surface area contributed by atoms with Gasteiger partial charge in [0.1, 0.15) is 11.2 Å². The van der Waals surface area contributed by atoms with Gasteiger partial charge in [0.15, 0.2) is 17.5 Å². The van der Waals surface area contributed by atoms with E-state index < -0.39 is 0 Å². The van der Waals surface area contributed by atoms with Crippen LogP contribution in [0.4, 0.5) is 0 Å². The molecule has 8 aromatic rings. The van der Waals surface area contributed by atoms with Crippen molar-refractivity contribution in [3.63, 3.8) is 0 Å². The van der Waals surface area contributed by atoms with Crippen molar-refractivity contribution in [1.82, 2.24) is 15.0 Å². The zero-order valence-corrected chi connectivity index (χ0v) is 22.7. The Morgan fingerprint density at radius 3 is 1.67 bits per heavy atom. The van der Waals surface area contributed by atoms with Gasteiger partial charge < -0.3 is 4.42 Å². The van der Waals surface area contributed by atoms with Crippen LogP contribution in [0.25, 0.3) is 78.4 Å². The summed E-state index contributed by atoms with van der Waals surface area (Å²) in [6.45, 7) is 0. The molecule has 0 bridgehead atoms. The summed E-state index contributed by atoms with van der Waals surface area (Å²) in [4.78, 5) is 14.4. The van der Waals surface area contributed by atoms with Crippen molar-refractivity contribution in [2.75, 3.05) is 0 Å². The van der Waals surface area contributed by atoms with Crippen molar-refractivity contribution in [2.45, 2.75) is 0 Å². The number of aromatic nitrogens is 3. The van der Waals surface area contributed by atoms with E-state index >= 15 is 0 Å². The zero-order valence-electron chi connectivity index (χ0n) is 28.7. The van der Waals surface area contributed by atoms with E-state index in [-0.39, 0.29) is 75.1 Å². The van der Waals surface area contributed by atoms with Gasteiger partial charge in [-0.25, -0.2) is 15.0 Å². The normalized spacial score (nSPS) is 13.2. The molecule has 0 N–H and O–H groups in total. The monoisotopic (exact) mass is 557 g/mol. The molecule has 2 heterocycles. The first-order valence-electron chi connectivity index (χ1n) is 16.8. The van der Waals surface area contributed by atoms with E-state index in [2.05, 4.69) is 0 Å². The molecule has 0 atom stereocenters. The largest absolute Gasteiger partial charge is 0.456 e. The molecule has 0 radical (unpaired) electrons. The van der Waals surface area contributed by atoms with Crippen LogP contribution in [0.1, 0.15) is 8.22 Å². The summed E-state index contributed by atoms with van der Waals surface area (Å²) in [5.41, 5.74) is 3.86. The first-order valence-corrected chi connectivity index (χ1v) is 13.8. The summed E-state index contributed by atoms with van der Waals surface area (Å²) in [7, 11) is 0. The molecule has 0 aliphatic rings. The maximum atomic E-state index is 9.32. The summed E-state index contributed by atoms with van der Waals surface area (Å²) in [5, 5.41) is 0.183. The van der Waals surface area contributed by atoms with Crippen LogP contribution in [0.2, 0.25) is 0 Å². The van der Waals surface area contributed by atoms with E-state index in [1.54, 1.807) is 24.3 Å². The minimum absolute atomic E-state index is 0.0147. The summed E-state index contributed by atoms with van der Waals surface area (Å²) >= 11 is 0. The van der Waals surface area contributed by atoms with Gasteiger partial charge in [0.05, 0.1) is 8.22 Å².